The molecule has 0 unspecified atom stereocenters. The number of carbonyl (C=O) groups is 3. The Hall–Kier alpha value is -2.47. The molecule has 0 aliphatic heterocycles. The van der Waals surface area contributed by atoms with Gasteiger partial charge in [0.05, 0.1) is 5.75 Å². The van der Waals surface area contributed by atoms with Gasteiger partial charge in [0.15, 0.2) is 0 Å². The van der Waals surface area contributed by atoms with Gasteiger partial charge >= 0.3 is 12.2 Å². The molecule has 3 amide bonds. The third-order valence-corrected chi connectivity index (χ3v) is 7.26. The van der Waals surface area contributed by atoms with Gasteiger partial charge in [0.1, 0.15) is 22.5 Å². The van der Waals surface area contributed by atoms with Gasteiger partial charge in [-0.15, -0.1) is 0 Å². The van der Waals surface area contributed by atoms with Crippen LogP contribution >= 0.6 is 11.8 Å². The highest BCUT2D eigenvalue weighted by atomic mass is 32.2. The predicted octanol–water partition coefficient (Wildman–Crippen LogP) is 2.00. The molecule has 2 rings (SSSR count). The number of sulfone groups is 1. The Morgan fingerprint density at radius 1 is 1.18 bits per heavy atom. The number of benzene rings is 1. The van der Waals surface area contributed by atoms with Crippen molar-refractivity contribution in [2.75, 3.05) is 24.0 Å². The highest BCUT2D eigenvalue weighted by molar-refractivity contribution is 7.98. The number of amides is 3. The first-order valence-corrected chi connectivity index (χ1v) is 14.5. The molecular weight excluding hydrogens is 482 g/mol. The number of thioether (sulfide) groups is 1. The monoisotopic (exact) mass is 515 g/mol. The fraction of sp³-hybridized carbons (Fsp3) is 0.591. The first-order valence-electron chi connectivity index (χ1n) is 11.0. The molecule has 1 fully saturated rings. The maximum atomic E-state index is 13.0. The van der Waals surface area contributed by atoms with Crippen LogP contribution in [-0.4, -0.2) is 73.8 Å². The summed E-state index contributed by atoms with van der Waals surface area (Å²) in [7, 11) is -3.35. The van der Waals surface area contributed by atoms with Crippen molar-refractivity contribution in [3.8, 4) is 0 Å². The van der Waals surface area contributed by atoms with Gasteiger partial charge in [-0.3, -0.25) is 4.79 Å². The van der Waals surface area contributed by atoms with E-state index in [2.05, 4.69) is 16.0 Å². The number of alkyl carbamates (subject to hydrolysis) is 1. The SMILES string of the molecule is CSCC[C@H](NC(=O)OCc1ccccc1)C(=O)N[C@H]1CC[C@@H](NC(=O)O)C[C@H]1CS(C)(=O)=O. The van der Waals surface area contributed by atoms with Crippen LogP contribution in [0.25, 0.3) is 0 Å². The minimum absolute atomic E-state index is 0.0700. The van der Waals surface area contributed by atoms with E-state index in [-0.39, 0.29) is 18.4 Å². The van der Waals surface area contributed by atoms with Crippen LogP contribution < -0.4 is 16.0 Å². The van der Waals surface area contributed by atoms with Crippen LogP contribution in [0.1, 0.15) is 31.2 Å². The Kier molecular flexibility index (Phi) is 11.0. The molecule has 0 heterocycles. The molecule has 0 saturated heterocycles. The lowest BCUT2D eigenvalue weighted by Gasteiger charge is -2.36. The van der Waals surface area contributed by atoms with Crippen molar-refractivity contribution in [3.05, 3.63) is 35.9 Å². The van der Waals surface area contributed by atoms with Crippen LogP contribution in [0.5, 0.6) is 0 Å². The molecular formula is C22H33N3O7S2. The van der Waals surface area contributed by atoms with E-state index in [1.165, 1.54) is 11.8 Å². The summed E-state index contributed by atoms with van der Waals surface area (Å²) in [5.74, 6) is -0.411. The minimum atomic E-state index is -3.35. The van der Waals surface area contributed by atoms with E-state index in [1.54, 1.807) is 0 Å². The molecule has 0 aromatic heterocycles. The maximum Gasteiger partial charge on any atom is 0.408 e. The average Bonchev–Trinajstić information content (AvgIpc) is 2.76. The van der Waals surface area contributed by atoms with E-state index in [4.69, 9.17) is 9.84 Å². The van der Waals surface area contributed by atoms with Gasteiger partial charge in [0.2, 0.25) is 5.91 Å². The second kappa shape index (κ2) is 13.4. The summed E-state index contributed by atoms with van der Waals surface area (Å²) in [5, 5.41) is 16.9. The zero-order valence-electron chi connectivity index (χ0n) is 19.4. The van der Waals surface area contributed by atoms with Gasteiger partial charge < -0.3 is 25.8 Å². The van der Waals surface area contributed by atoms with Crippen LogP contribution in [0.15, 0.2) is 30.3 Å². The molecule has 0 radical (unpaired) electrons. The zero-order valence-corrected chi connectivity index (χ0v) is 21.0. The van der Waals surface area contributed by atoms with E-state index in [1.807, 2.05) is 36.6 Å². The number of rotatable bonds is 11. The molecule has 1 aliphatic carbocycles. The van der Waals surface area contributed by atoms with Crippen LogP contribution in [0.4, 0.5) is 9.59 Å². The van der Waals surface area contributed by atoms with Crippen molar-refractivity contribution < 1.29 is 32.6 Å². The van der Waals surface area contributed by atoms with Crippen LogP contribution in [-0.2, 0) is 26.0 Å². The summed E-state index contributed by atoms with van der Waals surface area (Å²) in [5.41, 5.74) is 0.818. The lowest BCUT2D eigenvalue weighted by molar-refractivity contribution is -0.124. The van der Waals surface area contributed by atoms with Gasteiger partial charge in [0.25, 0.3) is 0 Å². The molecule has 0 spiro atoms. The molecule has 4 N–H and O–H groups in total. The summed E-state index contributed by atoms with van der Waals surface area (Å²) in [6.45, 7) is 0.0700. The van der Waals surface area contributed by atoms with E-state index in [0.717, 1.165) is 11.8 Å². The fourth-order valence-corrected chi connectivity index (χ4v) is 5.65. The lowest BCUT2D eigenvalue weighted by atomic mass is 9.82. The molecule has 12 heteroatoms. The predicted molar refractivity (Wildman–Crippen MR) is 130 cm³/mol. The third-order valence-electron chi connectivity index (χ3n) is 5.59. The standard InChI is InChI=1S/C22H33N3O7S2/c1-33-11-10-19(25-22(29)32-13-15-6-4-3-5-7-15)20(26)24-18-9-8-17(23-21(27)28)12-16(18)14-34(2,30)31/h3-7,16-19,23H,8-14H2,1-2H3,(H,24,26)(H,25,29)(H,27,28)/t16-,17+,18-,19-/m0/s1. The van der Waals surface area contributed by atoms with Crippen LogP contribution in [0.2, 0.25) is 0 Å². The molecule has 1 aliphatic rings. The average molecular weight is 516 g/mol. The summed E-state index contributed by atoms with van der Waals surface area (Å²) < 4.78 is 29.1. The van der Waals surface area contributed by atoms with Crippen molar-refractivity contribution in [1.82, 2.24) is 16.0 Å². The van der Waals surface area contributed by atoms with Gasteiger partial charge in [0, 0.05) is 18.3 Å². The molecule has 190 valence electrons. The summed E-state index contributed by atoms with van der Waals surface area (Å²) in [6.07, 6.45) is 2.69. The highest BCUT2D eigenvalue weighted by Crippen LogP contribution is 2.26. The van der Waals surface area contributed by atoms with Crippen molar-refractivity contribution >= 4 is 39.7 Å². The molecule has 0 bridgehead atoms. The fourth-order valence-electron chi connectivity index (χ4n) is 4.03. The number of carboxylic acid groups (broad SMARTS) is 1. The first-order chi connectivity index (χ1) is 16.1. The number of carbonyl (C=O) groups excluding carboxylic acids is 2. The Morgan fingerprint density at radius 3 is 2.50 bits per heavy atom. The largest absolute Gasteiger partial charge is 0.465 e. The first kappa shape index (κ1) is 27.8. The third kappa shape index (κ3) is 10.2. The second-order valence-electron chi connectivity index (χ2n) is 8.47. The van der Waals surface area contributed by atoms with Gasteiger partial charge in [-0.25, -0.2) is 18.0 Å². The molecule has 1 saturated carbocycles. The quantitative estimate of drug-likeness (QED) is 0.349. The molecule has 1 aromatic rings. The number of nitrogens with one attached hydrogen (secondary N) is 3. The Morgan fingerprint density at radius 2 is 1.88 bits per heavy atom. The van der Waals surface area contributed by atoms with E-state index in [0.29, 0.717) is 31.4 Å². The van der Waals surface area contributed by atoms with Crippen molar-refractivity contribution in [1.29, 1.82) is 0 Å². The van der Waals surface area contributed by atoms with E-state index in [9.17, 15) is 22.8 Å². The maximum absolute atomic E-state index is 13.0. The van der Waals surface area contributed by atoms with Crippen molar-refractivity contribution in [2.24, 2.45) is 5.92 Å². The second-order valence-corrected chi connectivity index (χ2v) is 11.6. The molecule has 34 heavy (non-hydrogen) atoms. The highest BCUT2D eigenvalue weighted by Gasteiger charge is 2.35. The Labute approximate surface area is 204 Å². The zero-order chi connectivity index (χ0) is 25.1. The Balaban J connectivity index is 2.01. The van der Waals surface area contributed by atoms with Crippen molar-refractivity contribution in [2.45, 2.75) is 50.4 Å². The number of hydrogen-bond acceptors (Lipinski definition) is 7. The lowest BCUT2D eigenvalue weighted by Crippen LogP contribution is -2.55. The van der Waals surface area contributed by atoms with E-state index >= 15 is 0 Å². The normalized spacial score (nSPS) is 21.2. The number of hydrogen-bond donors (Lipinski definition) is 4. The van der Waals surface area contributed by atoms with Crippen LogP contribution in [0, 0.1) is 5.92 Å². The topological polar surface area (TPSA) is 151 Å². The van der Waals surface area contributed by atoms with Crippen molar-refractivity contribution in [3.63, 3.8) is 0 Å². The molecule has 1 aromatic carbocycles. The summed E-state index contributed by atoms with van der Waals surface area (Å²) in [4.78, 5) is 36.4. The number of ether oxygens (including phenoxy) is 1. The minimum Gasteiger partial charge on any atom is -0.465 e. The van der Waals surface area contributed by atoms with Gasteiger partial charge in [-0.05, 0) is 49.2 Å². The van der Waals surface area contributed by atoms with Gasteiger partial charge in [-0.2, -0.15) is 11.8 Å². The smallest absolute Gasteiger partial charge is 0.408 e. The van der Waals surface area contributed by atoms with E-state index < -0.39 is 45.9 Å². The molecule has 10 nitrogen and oxygen atoms in total. The summed E-state index contributed by atoms with van der Waals surface area (Å²) >= 11 is 1.53. The Bertz CT molecular complexity index is 928. The summed E-state index contributed by atoms with van der Waals surface area (Å²) in [6, 6.07) is 7.49. The van der Waals surface area contributed by atoms with Gasteiger partial charge in [-0.1, -0.05) is 30.3 Å². The van der Waals surface area contributed by atoms with Crippen LogP contribution in [0.3, 0.4) is 0 Å². The molecule has 4 atom stereocenters.